The number of para-hydroxylation sites is 1. The van der Waals surface area contributed by atoms with E-state index >= 15 is 0 Å². The number of piperidine rings is 1. The highest BCUT2D eigenvalue weighted by Crippen LogP contribution is 2.38. The molecule has 3 amide bonds. The van der Waals surface area contributed by atoms with Crippen LogP contribution in [0, 0.1) is 0 Å². The van der Waals surface area contributed by atoms with Crippen LogP contribution in [0.1, 0.15) is 12.8 Å². The van der Waals surface area contributed by atoms with E-state index in [9.17, 15) is 9.59 Å². The third kappa shape index (κ3) is 1.65. The Hall–Kier alpha value is -1.88. The van der Waals surface area contributed by atoms with Crippen LogP contribution < -0.4 is 10.2 Å². The van der Waals surface area contributed by atoms with Crippen LogP contribution in [-0.2, 0) is 4.79 Å². The summed E-state index contributed by atoms with van der Waals surface area (Å²) in [5.41, 5.74) is 0.102. The van der Waals surface area contributed by atoms with Crippen molar-refractivity contribution < 1.29 is 9.59 Å². The minimum Gasteiger partial charge on any atom is -0.317 e. The Bertz CT molecular complexity index is 509. The first-order chi connectivity index (χ1) is 9.17. The standard InChI is InChI=1S/C14H17N3O2/c1-16-12(18)14(7-9-15-10-8-14)17(13(16)19)11-5-3-2-4-6-11/h2-6,15H,7-10H2,1H3. The molecule has 0 saturated carbocycles. The van der Waals surface area contributed by atoms with E-state index in [4.69, 9.17) is 0 Å². The van der Waals surface area contributed by atoms with Crippen molar-refractivity contribution in [2.45, 2.75) is 18.4 Å². The van der Waals surface area contributed by atoms with Gasteiger partial charge < -0.3 is 5.32 Å². The number of nitrogens with zero attached hydrogens (tertiary/aromatic N) is 2. The number of nitrogens with one attached hydrogen (secondary N) is 1. The maximum absolute atomic E-state index is 12.5. The lowest BCUT2D eigenvalue weighted by molar-refractivity contribution is -0.130. The number of carbonyl (C=O) groups is 2. The van der Waals surface area contributed by atoms with Crippen molar-refractivity contribution in [2.75, 3.05) is 25.0 Å². The largest absolute Gasteiger partial charge is 0.331 e. The van der Waals surface area contributed by atoms with E-state index in [0.29, 0.717) is 12.8 Å². The van der Waals surface area contributed by atoms with Crippen LogP contribution in [0.15, 0.2) is 30.3 Å². The second-order valence-corrected chi connectivity index (χ2v) is 5.10. The van der Waals surface area contributed by atoms with E-state index in [1.54, 1.807) is 11.9 Å². The Morgan fingerprint density at radius 1 is 1.11 bits per heavy atom. The lowest BCUT2D eigenvalue weighted by Crippen LogP contribution is -2.56. The van der Waals surface area contributed by atoms with Crippen LogP contribution in [0.25, 0.3) is 0 Å². The molecule has 0 unspecified atom stereocenters. The Labute approximate surface area is 112 Å². The number of urea groups is 1. The Balaban J connectivity index is 2.08. The first-order valence-electron chi connectivity index (χ1n) is 6.55. The minimum absolute atomic E-state index is 0.0807. The summed E-state index contributed by atoms with van der Waals surface area (Å²) in [6.07, 6.45) is 1.33. The molecule has 0 bridgehead atoms. The van der Waals surface area contributed by atoms with Gasteiger partial charge in [-0.3, -0.25) is 14.6 Å². The summed E-state index contributed by atoms with van der Waals surface area (Å²) in [6.45, 7) is 1.52. The molecule has 2 aliphatic heterocycles. The molecule has 3 rings (SSSR count). The van der Waals surface area contributed by atoms with Gasteiger partial charge in [-0.2, -0.15) is 0 Å². The molecule has 1 N–H and O–H groups in total. The van der Waals surface area contributed by atoms with Crippen LogP contribution >= 0.6 is 0 Å². The fourth-order valence-corrected chi connectivity index (χ4v) is 3.04. The first kappa shape index (κ1) is 12.2. The zero-order valence-corrected chi connectivity index (χ0v) is 10.9. The molecule has 2 fully saturated rings. The first-order valence-corrected chi connectivity index (χ1v) is 6.55. The normalized spacial score (nSPS) is 22.4. The van der Waals surface area contributed by atoms with E-state index in [0.717, 1.165) is 18.8 Å². The van der Waals surface area contributed by atoms with Gasteiger partial charge in [0, 0.05) is 12.7 Å². The van der Waals surface area contributed by atoms with Crippen molar-refractivity contribution in [3.05, 3.63) is 30.3 Å². The number of likely N-dealkylation sites (N-methyl/N-ethyl adjacent to an activating group) is 1. The van der Waals surface area contributed by atoms with Gasteiger partial charge in [0.2, 0.25) is 0 Å². The highest BCUT2D eigenvalue weighted by molar-refractivity contribution is 6.16. The molecule has 2 saturated heterocycles. The molecule has 0 aliphatic carbocycles. The molecule has 1 spiro atoms. The number of benzene rings is 1. The third-order valence-corrected chi connectivity index (χ3v) is 4.05. The van der Waals surface area contributed by atoms with Crippen molar-refractivity contribution in [1.82, 2.24) is 10.2 Å². The quantitative estimate of drug-likeness (QED) is 0.771. The van der Waals surface area contributed by atoms with Gasteiger partial charge in [-0.1, -0.05) is 18.2 Å². The van der Waals surface area contributed by atoms with Gasteiger partial charge in [0.15, 0.2) is 0 Å². The van der Waals surface area contributed by atoms with Crippen LogP contribution in [0.4, 0.5) is 10.5 Å². The molecule has 19 heavy (non-hydrogen) atoms. The van der Waals surface area contributed by atoms with E-state index < -0.39 is 5.54 Å². The lowest BCUT2D eigenvalue weighted by atomic mass is 9.86. The van der Waals surface area contributed by atoms with Gasteiger partial charge in [-0.25, -0.2) is 4.79 Å². The van der Waals surface area contributed by atoms with E-state index in [1.807, 2.05) is 30.3 Å². The predicted octanol–water partition coefficient (Wildman–Crippen LogP) is 1.21. The Morgan fingerprint density at radius 2 is 1.74 bits per heavy atom. The fraction of sp³-hybridized carbons (Fsp3) is 0.429. The van der Waals surface area contributed by atoms with E-state index in [2.05, 4.69) is 5.32 Å². The zero-order valence-electron chi connectivity index (χ0n) is 10.9. The maximum Gasteiger partial charge on any atom is 0.331 e. The molecule has 2 aliphatic rings. The average Bonchev–Trinajstić information content (AvgIpc) is 2.63. The summed E-state index contributed by atoms with van der Waals surface area (Å²) in [5, 5.41) is 3.25. The fourth-order valence-electron chi connectivity index (χ4n) is 3.04. The van der Waals surface area contributed by atoms with Gasteiger partial charge in [-0.15, -0.1) is 0 Å². The molecular formula is C14H17N3O2. The molecule has 1 aromatic carbocycles. The number of hydrogen-bond acceptors (Lipinski definition) is 3. The lowest BCUT2D eigenvalue weighted by Gasteiger charge is -2.38. The molecule has 5 heteroatoms. The van der Waals surface area contributed by atoms with Gasteiger partial charge in [0.25, 0.3) is 5.91 Å². The molecule has 5 nitrogen and oxygen atoms in total. The number of amides is 3. The summed E-state index contributed by atoms with van der Waals surface area (Å²) in [4.78, 5) is 27.8. The highest BCUT2D eigenvalue weighted by Gasteiger charge is 2.56. The molecule has 2 heterocycles. The average molecular weight is 259 g/mol. The SMILES string of the molecule is CN1C(=O)N(c2ccccc2)C2(CCNCC2)C1=O. The van der Waals surface area contributed by atoms with Crippen LogP contribution in [0.3, 0.4) is 0 Å². The summed E-state index contributed by atoms with van der Waals surface area (Å²) < 4.78 is 0. The van der Waals surface area contributed by atoms with Crippen LogP contribution in [0.2, 0.25) is 0 Å². The van der Waals surface area contributed by atoms with Crippen molar-refractivity contribution in [3.8, 4) is 0 Å². The van der Waals surface area contributed by atoms with Crippen molar-refractivity contribution in [1.29, 1.82) is 0 Å². The minimum atomic E-state index is -0.696. The summed E-state index contributed by atoms with van der Waals surface area (Å²) in [5.74, 6) is -0.0807. The molecular weight excluding hydrogens is 242 g/mol. The van der Waals surface area contributed by atoms with Crippen LogP contribution in [-0.4, -0.2) is 42.5 Å². The second kappa shape index (κ2) is 4.35. The van der Waals surface area contributed by atoms with Crippen molar-refractivity contribution >= 4 is 17.6 Å². The van der Waals surface area contributed by atoms with Gasteiger partial charge >= 0.3 is 6.03 Å². The molecule has 1 aromatic rings. The van der Waals surface area contributed by atoms with E-state index in [1.165, 1.54) is 4.90 Å². The zero-order chi connectivity index (χ0) is 13.5. The highest BCUT2D eigenvalue weighted by atomic mass is 16.2. The van der Waals surface area contributed by atoms with E-state index in [-0.39, 0.29) is 11.9 Å². The number of carbonyl (C=O) groups excluding carboxylic acids is 2. The monoisotopic (exact) mass is 259 g/mol. The summed E-state index contributed by atoms with van der Waals surface area (Å²) >= 11 is 0. The number of rotatable bonds is 1. The van der Waals surface area contributed by atoms with Gasteiger partial charge in [0.1, 0.15) is 5.54 Å². The molecule has 0 aromatic heterocycles. The topological polar surface area (TPSA) is 52.7 Å². The number of imide groups is 1. The van der Waals surface area contributed by atoms with Crippen LogP contribution in [0.5, 0.6) is 0 Å². The molecule has 100 valence electrons. The van der Waals surface area contributed by atoms with Gasteiger partial charge in [-0.05, 0) is 38.1 Å². The maximum atomic E-state index is 12.5. The Morgan fingerprint density at radius 3 is 2.37 bits per heavy atom. The van der Waals surface area contributed by atoms with Crippen molar-refractivity contribution in [3.63, 3.8) is 0 Å². The summed E-state index contributed by atoms with van der Waals surface area (Å²) in [6, 6.07) is 9.23. The number of hydrogen-bond donors (Lipinski definition) is 1. The second-order valence-electron chi connectivity index (χ2n) is 5.10. The van der Waals surface area contributed by atoms with Gasteiger partial charge in [0.05, 0.1) is 0 Å². The Kier molecular flexibility index (Phi) is 2.78. The van der Waals surface area contributed by atoms with Crippen molar-refractivity contribution in [2.24, 2.45) is 0 Å². The third-order valence-electron chi connectivity index (χ3n) is 4.05. The number of anilines is 1. The predicted molar refractivity (Wildman–Crippen MR) is 71.9 cm³/mol. The smallest absolute Gasteiger partial charge is 0.317 e. The summed E-state index contributed by atoms with van der Waals surface area (Å²) in [7, 11) is 1.57. The molecule has 0 atom stereocenters. The molecule has 0 radical (unpaired) electrons.